The van der Waals surface area contributed by atoms with Crippen molar-refractivity contribution in [1.29, 1.82) is 0 Å². The van der Waals surface area contributed by atoms with E-state index in [2.05, 4.69) is 27.1 Å². The van der Waals surface area contributed by atoms with Crippen molar-refractivity contribution in [1.82, 2.24) is 14.9 Å². The van der Waals surface area contributed by atoms with Gasteiger partial charge in [0, 0.05) is 45.3 Å². The molecule has 8 heteroatoms. The maximum Gasteiger partial charge on any atom is 0.227 e. The fourth-order valence-corrected chi connectivity index (χ4v) is 3.58. The molecule has 7 nitrogen and oxygen atoms in total. The zero-order chi connectivity index (χ0) is 18.1. The van der Waals surface area contributed by atoms with Gasteiger partial charge in [-0.3, -0.25) is 4.79 Å². The number of aromatic nitrogens is 2. The van der Waals surface area contributed by atoms with Crippen molar-refractivity contribution in [3.8, 4) is 0 Å². The minimum absolute atomic E-state index is 0.0742. The second-order valence-corrected chi connectivity index (χ2v) is 7.92. The Kier molecular flexibility index (Phi) is 4.86. The van der Waals surface area contributed by atoms with Crippen LogP contribution in [-0.4, -0.2) is 59.9 Å². The molecular formula is C18H23N5O2S. The quantitative estimate of drug-likeness (QED) is 0.775. The molecule has 3 heterocycles. The van der Waals surface area contributed by atoms with Crippen LogP contribution in [0.1, 0.15) is 30.3 Å². The average molecular weight is 373 g/mol. The van der Waals surface area contributed by atoms with Crippen molar-refractivity contribution in [3.05, 3.63) is 24.1 Å². The van der Waals surface area contributed by atoms with Gasteiger partial charge in [0.15, 0.2) is 16.6 Å². The predicted molar refractivity (Wildman–Crippen MR) is 101 cm³/mol. The van der Waals surface area contributed by atoms with Gasteiger partial charge in [-0.25, -0.2) is 4.98 Å². The Morgan fingerprint density at radius 1 is 1.27 bits per heavy atom. The van der Waals surface area contributed by atoms with Crippen molar-refractivity contribution >= 4 is 29.3 Å². The first kappa shape index (κ1) is 17.4. The Balaban J connectivity index is 1.55. The molecule has 138 valence electrons. The lowest BCUT2D eigenvalue weighted by Gasteiger charge is -2.32. The van der Waals surface area contributed by atoms with E-state index >= 15 is 0 Å². The molecule has 0 spiro atoms. The van der Waals surface area contributed by atoms with Crippen LogP contribution in [0.3, 0.4) is 0 Å². The Morgan fingerprint density at radius 3 is 2.69 bits per heavy atom. The highest BCUT2D eigenvalue weighted by Crippen LogP contribution is 2.36. The molecule has 0 bridgehead atoms. The van der Waals surface area contributed by atoms with Crippen LogP contribution >= 0.6 is 11.8 Å². The smallest absolute Gasteiger partial charge is 0.227 e. The van der Waals surface area contributed by atoms with Crippen LogP contribution < -0.4 is 10.2 Å². The molecule has 0 aromatic carbocycles. The molecular weight excluding hydrogens is 350 g/mol. The largest absolute Gasteiger partial charge is 0.446 e. The lowest BCUT2D eigenvalue weighted by Crippen LogP contribution is -2.45. The number of Topliss-reactive ketones (excluding diaryl/α,β-unsaturated/α-hetero) is 1. The van der Waals surface area contributed by atoms with E-state index in [0.717, 1.165) is 42.8 Å². The van der Waals surface area contributed by atoms with Crippen molar-refractivity contribution in [2.24, 2.45) is 0 Å². The molecule has 0 unspecified atom stereocenters. The van der Waals surface area contributed by atoms with Crippen molar-refractivity contribution in [2.45, 2.75) is 35.8 Å². The van der Waals surface area contributed by atoms with Gasteiger partial charge in [-0.1, -0.05) is 0 Å². The predicted octanol–water partition coefficient (Wildman–Crippen LogP) is 2.75. The lowest BCUT2D eigenvalue weighted by atomic mass is 10.3. The first-order valence-electron chi connectivity index (χ1n) is 8.94. The van der Waals surface area contributed by atoms with E-state index in [1.54, 1.807) is 6.07 Å². The number of hydrogen-bond donors (Lipinski definition) is 1. The third-order valence-corrected chi connectivity index (χ3v) is 5.52. The van der Waals surface area contributed by atoms with Crippen LogP contribution in [0.25, 0.3) is 0 Å². The van der Waals surface area contributed by atoms with Gasteiger partial charge in [0.05, 0.1) is 4.90 Å². The van der Waals surface area contributed by atoms with Gasteiger partial charge in [-0.15, -0.1) is 0 Å². The van der Waals surface area contributed by atoms with Gasteiger partial charge >= 0.3 is 0 Å². The molecule has 26 heavy (non-hydrogen) atoms. The van der Waals surface area contributed by atoms with Crippen LogP contribution in [0.4, 0.5) is 11.8 Å². The third kappa shape index (κ3) is 4.02. The summed E-state index contributed by atoms with van der Waals surface area (Å²) in [6, 6.07) is 4.02. The molecule has 2 aromatic rings. The van der Waals surface area contributed by atoms with Crippen LogP contribution in [0.5, 0.6) is 0 Å². The lowest BCUT2D eigenvalue weighted by molar-refractivity contribution is 0.0982. The Hall–Kier alpha value is -2.06. The topological polar surface area (TPSA) is 74.5 Å². The molecule has 0 radical (unpaired) electrons. The number of ketones is 1. The van der Waals surface area contributed by atoms with Gasteiger partial charge in [-0.05, 0) is 43.8 Å². The fourth-order valence-electron chi connectivity index (χ4n) is 2.79. The highest BCUT2D eigenvalue weighted by molar-refractivity contribution is 7.99. The summed E-state index contributed by atoms with van der Waals surface area (Å²) in [7, 11) is 2.14. The number of carbonyl (C=O) groups excluding carboxylic acids is 1. The third-order valence-electron chi connectivity index (χ3n) is 4.59. The molecule has 1 aliphatic heterocycles. The number of carbonyl (C=O) groups is 1. The molecule has 0 atom stereocenters. The second kappa shape index (κ2) is 7.28. The number of likely N-dealkylation sites (N-methyl/N-ethyl adjacent to an activating group) is 1. The fraction of sp³-hybridized carbons (Fsp3) is 0.500. The van der Waals surface area contributed by atoms with Gasteiger partial charge < -0.3 is 19.5 Å². The summed E-state index contributed by atoms with van der Waals surface area (Å²) < 4.78 is 5.60. The van der Waals surface area contributed by atoms with Gasteiger partial charge in [-0.2, -0.15) is 4.98 Å². The Bertz CT molecular complexity index is 797. The van der Waals surface area contributed by atoms with Crippen molar-refractivity contribution in [3.63, 3.8) is 0 Å². The van der Waals surface area contributed by atoms with Crippen LogP contribution in [0.2, 0.25) is 0 Å². The molecule has 2 aromatic heterocycles. The minimum atomic E-state index is -0.0742. The highest BCUT2D eigenvalue weighted by atomic mass is 32.2. The number of hydrogen-bond acceptors (Lipinski definition) is 8. The minimum Gasteiger partial charge on any atom is -0.446 e. The van der Waals surface area contributed by atoms with Crippen molar-refractivity contribution < 1.29 is 9.21 Å². The molecule has 1 aliphatic carbocycles. The second-order valence-electron chi connectivity index (χ2n) is 6.87. The first-order valence-corrected chi connectivity index (χ1v) is 9.76. The molecule has 1 saturated carbocycles. The number of nitrogens with one attached hydrogen (secondary N) is 1. The summed E-state index contributed by atoms with van der Waals surface area (Å²) in [6.07, 6.45) is 4.20. The summed E-state index contributed by atoms with van der Waals surface area (Å²) in [5, 5.41) is 4.18. The summed E-state index contributed by atoms with van der Waals surface area (Å²) >= 11 is 1.44. The number of rotatable bonds is 6. The Morgan fingerprint density at radius 2 is 2.04 bits per heavy atom. The summed E-state index contributed by atoms with van der Waals surface area (Å²) in [4.78, 5) is 26.3. The summed E-state index contributed by atoms with van der Waals surface area (Å²) in [5.74, 6) is 1.92. The van der Waals surface area contributed by atoms with Gasteiger partial charge in [0.1, 0.15) is 5.82 Å². The maximum absolute atomic E-state index is 11.4. The van der Waals surface area contributed by atoms with E-state index < -0.39 is 0 Å². The van der Waals surface area contributed by atoms with E-state index in [9.17, 15) is 4.79 Å². The van der Waals surface area contributed by atoms with Gasteiger partial charge in [0.25, 0.3) is 0 Å². The molecule has 1 N–H and O–H groups in total. The SMILES string of the molecule is CC(=O)c1ccc(Sc2cnc(N3CCN(C)CC3)nc2NC2CC2)o1. The van der Waals surface area contributed by atoms with Gasteiger partial charge in [0.2, 0.25) is 5.95 Å². The molecule has 4 rings (SSSR count). The van der Waals surface area contributed by atoms with E-state index in [-0.39, 0.29) is 5.78 Å². The molecule has 0 amide bonds. The van der Waals surface area contributed by atoms with E-state index in [4.69, 9.17) is 9.40 Å². The van der Waals surface area contributed by atoms with E-state index in [0.29, 0.717) is 16.9 Å². The monoisotopic (exact) mass is 373 g/mol. The standard InChI is InChI=1S/C18H23N5O2S/c1-12(24)14-5-6-16(25-14)26-15-11-19-18(21-17(15)20-13-3-4-13)23-9-7-22(2)8-10-23/h5-6,11,13H,3-4,7-10H2,1-2H3,(H,19,20,21). The van der Waals surface area contributed by atoms with E-state index in [1.807, 2.05) is 12.3 Å². The zero-order valence-corrected chi connectivity index (χ0v) is 15.9. The number of piperazine rings is 1. The van der Waals surface area contributed by atoms with E-state index in [1.165, 1.54) is 31.5 Å². The maximum atomic E-state index is 11.4. The van der Waals surface area contributed by atoms with Crippen LogP contribution in [-0.2, 0) is 0 Å². The Labute approximate surface area is 157 Å². The summed E-state index contributed by atoms with van der Waals surface area (Å²) in [5.41, 5.74) is 0. The average Bonchev–Trinajstić information content (AvgIpc) is 3.31. The summed E-state index contributed by atoms with van der Waals surface area (Å²) in [6.45, 7) is 5.41. The highest BCUT2D eigenvalue weighted by Gasteiger charge is 2.25. The molecule has 1 saturated heterocycles. The number of furan rings is 1. The molecule has 2 aliphatic rings. The van der Waals surface area contributed by atoms with Crippen LogP contribution in [0.15, 0.2) is 32.7 Å². The zero-order valence-electron chi connectivity index (χ0n) is 15.1. The number of anilines is 2. The van der Waals surface area contributed by atoms with Crippen molar-refractivity contribution in [2.75, 3.05) is 43.4 Å². The normalized spacial score (nSPS) is 18.2. The van der Waals surface area contributed by atoms with Crippen LogP contribution in [0, 0.1) is 0 Å². The number of nitrogens with zero attached hydrogens (tertiary/aromatic N) is 4. The molecule has 2 fully saturated rings. The first-order chi connectivity index (χ1) is 12.6.